The second kappa shape index (κ2) is 7.50. The fraction of sp³-hybridized carbons (Fsp3) is 0.136. The van der Waals surface area contributed by atoms with Crippen LogP contribution in [0.15, 0.2) is 72.8 Å². The third-order valence-corrected chi connectivity index (χ3v) is 5.94. The molecule has 146 valence electrons. The molecule has 1 aliphatic heterocycles. The summed E-state index contributed by atoms with van der Waals surface area (Å²) in [5, 5.41) is 15.3. The summed E-state index contributed by atoms with van der Waals surface area (Å²) < 4.78 is 0. The Hall–Kier alpha value is -2.89. The van der Waals surface area contributed by atoms with Crippen LogP contribution >= 0.6 is 23.2 Å². The molecule has 4 rings (SSSR count). The molecule has 0 fully saturated rings. The third-order valence-electron chi connectivity index (χ3n) is 5.38. The van der Waals surface area contributed by atoms with Crippen molar-refractivity contribution in [3.8, 4) is 0 Å². The molecule has 0 spiro atoms. The van der Waals surface area contributed by atoms with Crippen molar-refractivity contribution < 1.29 is 9.72 Å². The fourth-order valence-corrected chi connectivity index (χ4v) is 4.76. The lowest BCUT2D eigenvalue weighted by molar-refractivity contribution is -0.484. The molecule has 1 aliphatic rings. The number of para-hydroxylation sites is 1. The van der Waals surface area contributed by atoms with Crippen molar-refractivity contribution in [1.29, 1.82) is 0 Å². The summed E-state index contributed by atoms with van der Waals surface area (Å²) in [5.74, 6) is -1.16. The van der Waals surface area contributed by atoms with Gasteiger partial charge in [0, 0.05) is 20.7 Å². The second-order valence-electron chi connectivity index (χ2n) is 6.91. The molecule has 7 heteroatoms. The van der Waals surface area contributed by atoms with E-state index >= 15 is 0 Å². The Bertz CT molecular complexity index is 1100. The number of anilines is 1. The summed E-state index contributed by atoms with van der Waals surface area (Å²) in [6.45, 7) is -0.474. The van der Waals surface area contributed by atoms with Crippen LogP contribution in [0.1, 0.15) is 22.6 Å². The SMILES string of the molecule is O=C1Nc2ccccc2[C@@]1(c1ccccc1)[C@@H](C[N+](=O)[O-])c1ccc(Cl)cc1Cl. The molecule has 0 saturated carbocycles. The summed E-state index contributed by atoms with van der Waals surface area (Å²) in [6.07, 6.45) is 0. The molecular formula is C22H16Cl2N2O3. The number of nitro groups is 1. The second-order valence-corrected chi connectivity index (χ2v) is 7.75. The van der Waals surface area contributed by atoms with Gasteiger partial charge < -0.3 is 5.32 Å². The standard InChI is InChI=1S/C22H16Cl2N2O3/c23-15-10-11-16(19(24)12-15)18(13-26(28)29)22(14-6-2-1-3-7-14)17-8-4-5-9-20(17)25-21(22)27/h1-12,18H,13H2,(H,25,27)/t18-,22-/m0/s1. The van der Waals surface area contributed by atoms with E-state index in [1.807, 2.05) is 48.5 Å². The Morgan fingerprint density at radius 2 is 1.69 bits per heavy atom. The molecule has 1 heterocycles. The molecule has 3 aromatic rings. The van der Waals surface area contributed by atoms with Crippen LogP contribution in [0, 0.1) is 10.1 Å². The van der Waals surface area contributed by atoms with Crippen LogP contribution in [-0.2, 0) is 10.2 Å². The van der Waals surface area contributed by atoms with E-state index < -0.39 is 22.8 Å². The first-order chi connectivity index (χ1) is 13.9. The lowest BCUT2D eigenvalue weighted by Gasteiger charge is -2.35. The lowest BCUT2D eigenvalue weighted by atomic mass is 9.64. The Labute approximate surface area is 177 Å². The van der Waals surface area contributed by atoms with Gasteiger partial charge in [0.25, 0.3) is 0 Å². The summed E-state index contributed by atoms with van der Waals surface area (Å²) >= 11 is 12.5. The van der Waals surface area contributed by atoms with Crippen molar-refractivity contribution in [2.24, 2.45) is 0 Å². The first-order valence-corrected chi connectivity index (χ1v) is 9.73. The van der Waals surface area contributed by atoms with Gasteiger partial charge in [-0.05, 0) is 34.9 Å². The third kappa shape index (κ3) is 3.16. The van der Waals surface area contributed by atoms with E-state index in [1.165, 1.54) is 0 Å². The number of hydrogen-bond acceptors (Lipinski definition) is 3. The molecule has 29 heavy (non-hydrogen) atoms. The molecule has 5 nitrogen and oxygen atoms in total. The van der Waals surface area contributed by atoms with Crippen LogP contribution in [-0.4, -0.2) is 17.4 Å². The molecule has 2 atom stereocenters. The normalized spacial score (nSPS) is 18.8. The average molecular weight is 427 g/mol. The van der Waals surface area contributed by atoms with Crippen molar-refractivity contribution in [2.75, 3.05) is 11.9 Å². The molecule has 0 radical (unpaired) electrons. The smallest absolute Gasteiger partial charge is 0.240 e. The quantitative estimate of drug-likeness (QED) is 0.444. The van der Waals surface area contributed by atoms with Crippen molar-refractivity contribution in [1.82, 2.24) is 0 Å². The predicted molar refractivity (Wildman–Crippen MR) is 113 cm³/mol. The zero-order valence-electron chi connectivity index (χ0n) is 15.1. The summed E-state index contributed by atoms with van der Waals surface area (Å²) in [5.41, 5.74) is 1.19. The highest BCUT2D eigenvalue weighted by Gasteiger charge is 2.56. The number of amides is 1. The van der Waals surface area contributed by atoms with Gasteiger partial charge in [-0.3, -0.25) is 14.9 Å². The molecule has 1 amide bonds. The van der Waals surface area contributed by atoms with Crippen molar-refractivity contribution >= 4 is 34.8 Å². The van der Waals surface area contributed by atoms with Crippen LogP contribution in [0.25, 0.3) is 0 Å². The monoisotopic (exact) mass is 426 g/mol. The van der Waals surface area contributed by atoms with E-state index in [9.17, 15) is 14.9 Å². The van der Waals surface area contributed by atoms with Gasteiger partial charge in [-0.25, -0.2) is 0 Å². The lowest BCUT2D eigenvalue weighted by Crippen LogP contribution is -2.44. The number of halogens is 2. The number of nitrogens with one attached hydrogen (secondary N) is 1. The van der Waals surface area contributed by atoms with Gasteiger partial charge in [0.15, 0.2) is 0 Å². The molecule has 0 aromatic heterocycles. The molecule has 0 unspecified atom stereocenters. The van der Waals surface area contributed by atoms with E-state index in [-0.39, 0.29) is 10.9 Å². The van der Waals surface area contributed by atoms with Gasteiger partial charge in [-0.2, -0.15) is 0 Å². The number of fused-ring (bicyclic) bond motifs is 1. The summed E-state index contributed by atoms with van der Waals surface area (Å²) in [7, 11) is 0. The van der Waals surface area contributed by atoms with E-state index in [2.05, 4.69) is 5.32 Å². The van der Waals surface area contributed by atoms with E-state index in [0.29, 0.717) is 27.4 Å². The van der Waals surface area contributed by atoms with Crippen molar-refractivity contribution in [3.63, 3.8) is 0 Å². The number of carbonyl (C=O) groups is 1. The fourth-order valence-electron chi connectivity index (χ4n) is 4.22. The minimum atomic E-state index is -1.30. The summed E-state index contributed by atoms with van der Waals surface area (Å²) in [4.78, 5) is 24.8. The first-order valence-electron chi connectivity index (χ1n) is 8.98. The maximum absolute atomic E-state index is 13.5. The van der Waals surface area contributed by atoms with Gasteiger partial charge in [-0.15, -0.1) is 0 Å². The maximum Gasteiger partial charge on any atom is 0.240 e. The Kier molecular flexibility index (Phi) is 5.03. The van der Waals surface area contributed by atoms with Gasteiger partial charge in [0.1, 0.15) is 5.41 Å². The molecule has 3 aromatic carbocycles. The number of hydrogen-bond donors (Lipinski definition) is 1. The van der Waals surface area contributed by atoms with Crippen LogP contribution in [0.3, 0.4) is 0 Å². The highest BCUT2D eigenvalue weighted by atomic mass is 35.5. The van der Waals surface area contributed by atoms with Crippen molar-refractivity contribution in [3.05, 3.63) is 110 Å². The molecule has 0 bridgehead atoms. The van der Waals surface area contributed by atoms with Gasteiger partial charge >= 0.3 is 0 Å². The molecule has 0 aliphatic carbocycles. The highest BCUT2D eigenvalue weighted by Crippen LogP contribution is 2.52. The Morgan fingerprint density at radius 3 is 2.38 bits per heavy atom. The average Bonchev–Trinajstić information content (AvgIpc) is 2.99. The van der Waals surface area contributed by atoms with Crippen molar-refractivity contribution in [2.45, 2.75) is 11.3 Å². The van der Waals surface area contributed by atoms with Crippen LogP contribution in [0.5, 0.6) is 0 Å². The minimum Gasteiger partial charge on any atom is -0.325 e. The van der Waals surface area contributed by atoms with E-state index in [0.717, 1.165) is 0 Å². The number of nitrogens with zero attached hydrogens (tertiary/aromatic N) is 1. The zero-order chi connectivity index (χ0) is 20.6. The molecule has 0 saturated heterocycles. The van der Waals surface area contributed by atoms with E-state index in [4.69, 9.17) is 23.2 Å². The maximum atomic E-state index is 13.5. The zero-order valence-corrected chi connectivity index (χ0v) is 16.7. The number of rotatable bonds is 5. The highest BCUT2D eigenvalue weighted by molar-refractivity contribution is 6.35. The van der Waals surface area contributed by atoms with Crippen LogP contribution in [0.2, 0.25) is 10.0 Å². The topological polar surface area (TPSA) is 72.2 Å². The van der Waals surface area contributed by atoms with Gasteiger partial charge in [-0.1, -0.05) is 77.8 Å². The number of benzene rings is 3. The minimum absolute atomic E-state index is 0.289. The largest absolute Gasteiger partial charge is 0.325 e. The van der Waals surface area contributed by atoms with Gasteiger partial charge in [0.2, 0.25) is 12.5 Å². The summed E-state index contributed by atoms with van der Waals surface area (Å²) in [6, 6.07) is 21.2. The Balaban J connectivity index is 2.06. The van der Waals surface area contributed by atoms with E-state index in [1.54, 1.807) is 24.3 Å². The van der Waals surface area contributed by atoms with Crippen LogP contribution in [0.4, 0.5) is 5.69 Å². The first kappa shape index (κ1) is 19.4. The van der Waals surface area contributed by atoms with Gasteiger partial charge in [0.05, 0.1) is 5.92 Å². The number of carbonyl (C=O) groups excluding carboxylic acids is 1. The predicted octanol–water partition coefficient (Wildman–Crippen LogP) is 5.29. The van der Waals surface area contributed by atoms with Crippen LogP contribution < -0.4 is 5.32 Å². The molecule has 1 N–H and O–H groups in total. The Morgan fingerprint density at radius 1 is 1.00 bits per heavy atom. The molecular weight excluding hydrogens is 411 g/mol.